The molecular formula is C26H27NO6. The topological polar surface area (TPSA) is 96.3 Å². The van der Waals surface area contributed by atoms with Crippen molar-refractivity contribution >= 4 is 28.3 Å². The van der Waals surface area contributed by atoms with E-state index in [1.54, 1.807) is 24.3 Å². The van der Waals surface area contributed by atoms with Crippen molar-refractivity contribution < 1.29 is 29.3 Å². The minimum atomic E-state index is -1.28. The van der Waals surface area contributed by atoms with Gasteiger partial charge < -0.3 is 19.7 Å². The van der Waals surface area contributed by atoms with Crippen molar-refractivity contribution in [1.29, 1.82) is 0 Å². The number of benzene rings is 3. The molecule has 33 heavy (non-hydrogen) atoms. The Hall–Kier alpha value is -3.58. The number of anilines is 1. The third kappa shape index (κ3) is 4.00. The standard InChI is InChI=1S/C26H27NO6/c1-4-15(3)33-24-19-9-7-6-8-18(19)23(32-5-2)21-22(24)26(31)27(25(21)30)17-12-10-16(11-13-17)14-20(28)29/h6-13,15,26,31H,4-5,14H2,1-3H3,(H,28,29)/t15?,26-/m0/s1. The second-order valence-corrected chi connectivity index (χ2v) is 8.05. The Morgan fingerprint density at radius 3 is 2.27 bits per heavy atom. The molecule has 1 aliphatic heterocycles. The number of carbonyl (C=O) groups excluding carboxylic acids is 1. The summed E-state index contributed by atoms with van der Waals surface area (Å²) in [6, 6.07) is 14.1. The molecule has 7 nitrogen and oxygen atoms in total. The number of nitrogens with zero attached hydrogens (tertiary/aromatic N) is 1. The lowest BCUT2D eigenvalue weighted by Crippen LogP contribution is -2.27. The average Bonchev–Trinajstić information content (AvgIpc) is 3.06. The molecule has 1 amide bonds. The first-order valence-corrected chi connectivity index (χ1v) is 11.1. The number of aliphatic hydroxyl groups is 1. The van der Waals surface area contributed by atoms with Gasteiger partial charge in [0.25, 0.3) is 5.91 Å². The molecule has 1 heterocycles. The summed E-state index contributed by atoms with van der Waals surface area (Å²) in [5.41, 5.74) is 1.73. The van der Waals surface area contributed by atoms with Gasteiger partial charge in [0.1, 0.15) is 11.5 Å². The number of carboxylic acid groups (broad SMARTS) is 1. The maximum atomic E-state index is 13.7. The van der Waals surface area contributed by atoms with Crippen LogP contribution in [0.5, 0.6) is 11.5 Å². The quantitative estimate of drug-likeness (QED) is 0.518. The summed E-state index contributed by atoms with van der Waals surface area (Å²) in [7, 11) is 0. The minimum absolute atomic E-state index is 0.121. The van der Waals surface area contributed by atoms with E-state index in [0.29, 0.717) is 34.9 Å². The Morgan fingerprint density at radius 1 is 1.06 bits per heavy atom. The molecule has 0 radical (unpaired) electrons. The van der Waals surface area contributed by atoms with Crippen LogP contribution in [0.2, 0.25) is 0 Å². The first kappa shape index (κ1) is 22.6. The van der Waals surface area contributed by atoms with Crippen molar-refractivity contribution in [3.8, 4) is 11.5 Å². The predicted molar refractivity (Wildman–Crippen MR) is 125 cm³/mol. The Labute approximate surface area is 192 Å². The fourth-order valence-electron chi connectivity index (χ4n) is 4.13. The zero-order chi connectivity index (χ0) is 23.7. The third-order valence-electron chi connectivity index (χ3n) is 5.85. The first-order chi connectivity index (χ1) is 15.9. The fourth-order valence-corrected chi connectivity index (χ4v) is 4.13. The maximum absolute atomic E-state index is 13.7. The monoisotopic (exact) mass is 449 g/mol. The predicted octanol–water partition coefficient (Wildman–Crippen LogP) is 4.69. The van der Waals surface area contributed by atoms with Crippen LogP contribution in [0, 0.1) is 0 Å². The molecule has 7 heteroatoms. The summed E-state index contributed by atoms with van der Waals surface area (Å²) >= 11 is 0. The van der Waals surface area contributed by atoms with E-state index in [1.165, 1.54) is 4.90 Å². The van der Waals surface area contributed by atoms with E-state index in [-0.39, 0.29) is 18.1 Å². The van der Waals surface area contributed by atoms with E-state index >= 15 is 0 Å². The Balaban J connectivity index is 1.90. The molecule has 3 aromatic carbocycles. The van der Waals surface area contributed by atoms with E-state index in [4.69, 9.17) is 14.6 Å². The lowest BCUT2D eigenvalue weighted by molar-refractivity contribution is -0.136. The van der Waals surface area contributed by atoms with E-state index < -0.39 is 18.1 Å². The summed E-state index contributed by atoms with van der Waals surface area (Å²) in [6.45, 7) is 6.16. The first-order valence-electron chi connectivity index (χ1n) is 11.1. The largest absolute Gasteiger partial charge is 0.492 e. The van der Waals surface area contributed by atoms with E-state index in [1.807, 2.05) is 45.0 Å². The molecule has 0 bridgehead atoms. The highest BCUT2D eigenvalue weighted by Gasteiger charge is 2.43. The lowest BCUT2D eigenvalue weighted by Gasteiger charge is -2.23. The van der Waals surface area contributed by atoms with Crippen molar-refractivity contribution in [3.63, 3.8) is 0 Å². The van der Waals surface area contributed by atoms with Crippen LogP contribution in [-0.2, 0) is 11.2 Å². The number of rotatable bonds is 8. The number of hydrogen-bond donors (Lipinski definition) is 2. The Bertz CT molecular complexity index is 1200. The van der Waals surface area contributed by atoms with Crippen LogP contribution < -0.4 is 14.4 Å². The summed E-state index contributed by atoms with van der Waals surface area (Å²) in [4.78, 5) is 25.9. The van der Waals surface area contributed by atoms with Gasteiger partial charge in [-0.2, -0.15) is 0 Å². The molecule has 0 saturated heterocycles. The van der Waals surface area contributed by atoms with Gasteiger partial charge in [-0.1, -0.05) is 43.3 Å². The van der Waals surface area contributed by atoms with E-state index in [9.17, 15) is 14.7 Å². The molecule has 1 unspecified atom stereocenters. The molecule has 0 spiro atoms. The van der Waals surface area contributed by atoms with Crippen molar-refractivity contribution in [2.75, 3.05) is 11.5 Å². The molecule has 2 atom stereocenters. The Morgan fingerprint density at radius 2 is 1.70 bits per heavy atom. The van der Waals surface area contributed by atoms with Crippen LogP contribution in [0.3, 0.4) is 0 Å². The zero-order valence-corrected chi connectivity index (χ0v) is 18.9. The van der Waals surface area contributed by atoms with Gasteiger partial charge in [0.15, 0.2) is 6.23 Å². The van der Waals surface area contributed by atoms with Crippen LogP contribution >= 0.6 is 0 Å². The molecule has 1 aliphatic rings. The molecule has 0 aliphatic carbocycles. The SMILES string of the molecule is CCOc1c2c(c(OC(C)CC)c3ccccc13)[C@H](O)N(c1ccc(CC(=O)O)cc1)C2=O. The second-order valence-electron chi connectivity index (χ2n) is 8.05. The number of aliphatic carboxylic acids is 1. The number of fused-ring (bicyclic) bond motifs is 2. The van der Waals surface area contributed by atoms with Gasteiger partial charge in [0.2, 0.25) is 0 Å². The van der Waals surface area contributed by atoms with Crippen molar-refractivity contribution in [3.05, 3.63) is 65.2 Å². The normalized spacial score (nSPS) is 16.1. The Kier molecular flexibility index (Phi) is 6.24. The van der Waals surface area contributed by atoms with Gasteiger partial charge in [0.05, 0.1) is 30.3 Å². The zero-order valence-electron chi connectivity index (χ0n) is 18.9. The minimum Gasteiger partial charge on any atom is -0.492 e. The van der Waals surface area contributed by atoms with Crippen LogP contribution in [0.25, 0.3) is 10.8 Å². The number of hydrogen-bond acceptors (Lipinski definition) is 5. The van der Waals surface area contributed by atoms with Gasteiger partial charge in [-0.3, -0.25) is 14.5 Å². The molecule has 3 aromatic rings. The highest BCUT2D eigenvalue weighted by Crippen LogP contribution is 2.50. The van der Waals surface area contributed by atoms with Gasteiger partial charge in [0, 0.05) is 16.5 Å². The molecule has 0 aromatic heterocycles. The van der Waals surface area contributed by atoms with Gasteiger partial charge in [-0.15, -0.1) is 0 Å². The van der Waals surface area contributed by atoms with Gasteiger partial charge in [-0.25, -0.2) is 0 Å². The molecule has 172 valence electrons. The average molecular weight is 450 g/mol. The summed E-state index contributed by atoms with van der Waals surface area (Å²) in [6.07, 6.45) is -0.762. The van der Waals surface area contributed by atoms with Crippen LogP contribution in [0.4, 0.5) is 5.69 Å². The van der Waals surface area contributed by atoms with Gasteiger partial charge in [-0.05, 0) is 38.0 Å². The van der Waals surface area contributed by atoms with Crippen LogP contribution in [0.15, 0.2) is 48.5 Å². The summed E-state index contributed by atoms with van der Waals surface area (Å²) in [5.74, 6) is -0.433. The number of carbonyl (C=O) groups is 2. The van der Waals surface area contributed by atoms with E-state index in [0.717, 1.165) is 17.2 Å². The number of amides is 1. The second kappa shape index (κ2) is 9.11. The van der Waals surface area contributed by atoms with E-state index in [2.05, 4.69) is 0 Å². The summed E-state index contributed by atoms with van der Waals surface area (Å²) < 4.78 is 12.2. The number of ether oxygens (including phenoxy) is 2. The molecule has 4 rings (SSSR count). The number of carboxylic acids is 1. The summed E-state index contributed by atoms with van der Waals surface area (Å²) in [5, 5.41) is 21.9. The van der Waals surface area contributed by atoms with Gasteiger partial charge >= 0.3 is 5.97 Å². The van der Waals surface area contributed by atoms with Crippen molar-refractivity contribution in [2.45, 2.75) is 45.9 Å². The molecular weight excluding hydrogens is 422 g/mol. The van der Waals surface area contributed by atoms with Crippen LogP contribution in [-0.4, -0.2) is 34.8 Å². The molecule has 2 N–H and O–H groups in total. The lowest BCUT2D eigenvalue weighted by atomic mass is 9.98. The third-order valence-corrected chi connectivity index (χ3v) is 5.85. The highest BCUT2D eigenvalue weighted by molar-refractivity contribution is 6.17. The highest BCUT2D eigenvalue weighted by atomic mass is 16.5. The van der Waals surface area contributed by atoms with Crippen molar-refractivity contribution in [1.82, 2.24) is 0 Å². The number of aliphatic hydroxyl groups excluding tert-OH is 1. The molecule has 0 fully saturated rings. The maximum Gasteiger partial charge on any atom is 0.307 e. The smallest absolute Gasteiger partial charge is 0.307 e. The fraction of sp³-hybridized carbons (Fsp3) is 0.308. The van der Waals surface area contributed by atoms with Crippen LogP contribution in [0.1, 0.15) is 54.9 Å². The van der Waals surface area contributed by atoms with Crippen molar-refractivity contribution in [2.24, 2.45) is 0 Å². The molecule has 0 saturated carbocycles.